The summed E-state index contributed by atoms with van der Waals surface area (Å²) in [5, 5.41) is 0.0549. The van der Waals surface area contributed by atoms with Gasteiger partial charge in [0.05, 0.1) is 5.02 Å². The zero-order valence-electron chi connectivity index (χ0n) is 13.3. The molecule has 0 spiro atoms. The van der Waals surface area contributed by atoms with Gasteiger partial charge in [-0.2, -0.15) is 0 Å². The maximum Gasteiger partial charge on any atom is 0.142 e. The Morgan fingerprint density at radius 3 is 2.83 bits per heavy atom. The number of halogens is 2. The van der Waals surface area contributed by atoms with Crippen molar-refractivity contribution in [3.63, 3.8) is 0 Å². The van der Waals surface area contributed by atoms with Gasteiger partial charge in [0.15, 0.2) is 0 Å². The van der Waals surface area contributed by atoms with Gasteiger partial charge in [0.1, 0.15) is 17.3 Å². The van der Waals surface area contributed by atoms with E-state index in [1.165, 1.54) is 23.4 Å². The normalized spacial score (nSPS) is 13.3. The summed E-state index contributed by atoms with van der Waals surface area (Å²) in [5.74, 6) is 0.894. The van der Waals surface area contributed by atoms with Crippen molar-refractivity contribution in [2.75, 3.05) is 25.0 Å². The van der Waals surface area contributed by atoms with E-state index in [1.807, 2.05) is 6.07 Å². The molecule has 0 radical (unpaired) electrons. The Balaban J connectivity index is 1.98. The number of rotatable bonds is 4. The average molecular weight is 335 g/mol. The maximum atomic E-state index is 13.7. The molecule has 2 aromatic rings. The SMILES string of the molecule is Cc1c(Oc2cc(Cl)c(F)cc2CCN)ccc2c1CCN2C. The first-order chi connectivity index (χ1) is 11.0. The van der Waals surface area contributed by atoms with Gasteiger partial charge in [0, 0.05) is 25.3 Å². The summed E-state index contributed by atoms with van der Waals surface area (Å²) in [6, 6.07) is 6.96. The topological polar surface area (TPSA) is 38.5 Å². The third-order valence-electron chi connectivity index (χ3n) is 4.37. The largest absolute Gasteiger partial charge is 0.457 e. The lowest BCUT2D eigenvalue weighted by atomic mass is 10.0. The summed E-state index contributed by atoms with van der Waals surface area (Å²) in [7, 11) is 2.09. The minimum Gasteiger partial charge on any atom is -0.457 e. The molecule has 23 heavy (non-hydrogen) atoms. The molecule has 0 bridgehead atoms. The minimum atomic E-state index is -0.449. The van der Waals surface area contributed by atoms with Crippen LogP contribution < -0.4 is 15.4 Å². The quantitative estimate of drug-likeness (QED) is 0.915. The highest BCUT2D eigenvalue weighted by Crippen LogP contribution is 2.38. The van der Waals surface area contributed by atoms with Gasteiger partial charge in [-0.15, -0.1) is 0 Å². The fourth-order valence-electron chi connectivity index (χ4n) is 3.04. The molecule has 1 heterocycles. The van der Waals surface area contributed by atoms with Crippen molar-refractivity contribution in [2.24, 2.45) is 5.73 Å². The first-order valence-electron chi connectivity index (χ1n) is 7.70. The second-order valence-electron chi connectivity index (χ2n) is 5.87. The van der Waals surface area contributed by atoms with Crippen LogP contribution in [0.5, 0.6) is 11.5 Å². The molecular formula is C18H20ClFN2O. The second kappa shape index (κ2) is 6.38. The van der Waals surface area contributed by atoms with Gasteiger partial charge in [-0.3, -0.25) is 0 Å². The number of hydrogen-bond donors (Lipinski definition) is 1. The third kappa shape index (κ3) is 3.01. The molecule has 0 saturated heterocycles. The number of ether oxygens (including phenoxy) is 1. The predicted molar refractivity (Wildman–Crippen MR) is 92.4 cm³/mol. The zero-order chi connectivity index (χ0) is 16.6. The molecule has 5 heteroatoms. The average Bonchev–Trinajstić information content (AvgIpc) is 2.89. The Morgan fingerprint density at radius 1 is 1.30 bits per heavy atom. The smallest absolute Gasteiger partial charge is 0.142 e. The van der Waals surface area contributed by atoms with Crippen molar-refractivity contribution in [3.8, 4) is 11.5 Å². The van der Waals surface area contributed by atoms with E-state index in [2.05, 4.69) is 24.9 Å². The van der Waals surface area contributed by atoms with E-state index in [0.29, 0.717) is 18.7 Å². The summed E-state index contributed by atoms with van der Waals surface area (Å²) < 4.78 is 19.8. The Kier molecular flexibility index (Phi) is 4.46. The van der Waals surface area contributed by atoms with E-state index in [-0.39, 0.29) is 5.02 Å². The van der Waals surface area contributed by atoms with Crippen LogP contribution in [0.4, 0.5) is 10.1 Å². The zero-order valence-corrected chi connectivity index (χ0v) is 14.1. The van der Waals surface area contributed by atoms with Gasteiger partial charge in [0.2, 0.25) is 0 Å². The lowest BCUT2D eigenvalue weighted by Gasteiger charge is -2.17. The Morgan fingerprint density at radius 2 is 2.09 bits per heavy atom. The van der Waals surface area contributed by atoms with Crippen LogP contribution in [0, 0.1) is 12.7 Å². The number of hydrogen-bond acceptors (Lipinski definition) is 3. The van der Waals surface area contributed by atoms with E-state index >= 15 is 0 Å². The van der Waals surface area contributed by atoms with Crippen LogP contribution in [0.15, 0.2) is 24.3 Å². The first kappa shape index (κ1) is 16.1. The highest BCUT2D eigenvalue weighted by molar-refractivity contribution is 6.30. The van der Waals surface area contributed by atoms with Crippen LogP contribution in [0.1, 0.15) is 16.7 Å². The van der Waals surface area contributed by atoms with E-state index in [4.69, 9.17) is 22.1 Å². The number of likely N-dealkylation sites (N-methyl/N-ethyl adjacent to an activating group) is 1. The van der Waals surface area contributed by atoms with Crippen molar-refractivity contribution >= 4 is 17.3 Å². The van der Waals surface area contributed by atoms with Gasteiger partial charge < -0.3 is 15.4 Å². The minimum absolute atomic E-state index is 0.0549. The lowest BCUT2D eigenvalue weighted by Crippen LogP contribution is -2.12. The Bertz CT molecular complexity index is 748. The molecule has 0 aliphatic carbocycles. The molecular weight excluding hydrogens is 315 g/mol. The second-order valence-corrected chi connectivity index (χ2v) is 6.28. The molecule has 3 nitrogen and oxygen atoms in total. The molecule has 1 aliphatic rings. The fourth-order valence-corrected chi connectivity index (χ4v) is 3.19. The van der Waals surface area contributed by atoms with Crippen LogP contribution in [0.25, 0.3) is 0 Å². The Labute approximate surface area is 140 Å². The molecule has 0 unspecified atom stereocenters. The van der Waals surface area contributed by atoms with Crippen LogP contribution >= 0.6 is 11.6 Å². The molecule has 2 N–H and O–H groups in total. The van der Waals surface area contributed by atoms with Gasteiger partial charge in [-0.1, -0.05) is 11.6 Å². The van der Waals surface area contributed by atoms with Crippen LogP contribution in [0.2, 0.25) is 5.02 Å². The van der Waals surface area contributed by atoms with Crippen molar-refractivity contribution < 1.29 is 9.13 Å². The van der Waals surface area contributed by atoms with E-state index in [1.54, 1.807) is 0 Å². The van der Waals surface area contributed by atoms with Crippen molar-refractivity contribution in [1.82, 2.24) is 0 Å². The Hall–Kier alpha value is -1.78. The van der Waals surface area contributed by atoms with E-state index in [9.17, 15) is 4.39 Å². The standard InChI is InChI=1S/C18H20ClFN2O/c1-11-13-6-8-22(2)16(13)3-4-17(11)23-18-10-14(19)15(20)9-12(18)5-7-21/h3-4,9-10H,5-8,21H2,1-2H3. The molecule has 3 rings (SSSR count). The molecule has 0 atom stereocenters. The lowest BCUT2D eigenvalue weighted by molar-refractivity contribution is 0.469. The fraction of sp³-hybridized carbons (Fsp3) is 0.333. The summed E-state index contributed by atoms with van der Waals surface area (Å²) in [4.78, 5) is 2.24. The summed E-state index contributed by atoms with van der Waals surface area (Å²) in [6.45, 7) is 3.49. The van der Waals surface area contributed by atoms with Gasteiger partial charge >= 0.3 is 0 Å². The van der Waals surface area contributed by atoms with Crippen molar-refractivity contribution in [1.29, 1.82) is 0 Å². The van der Waals surface area contributed by atoms with Gasteiger partial charge in [0.25, 0.3) is 0 Å². The molecule has 122 valence electrons. The van der Waals surface area contributed by atoms with Crippen LogP contribution in [-0.4, -0.2) is 20.1 Å². The summed E-state index contributed by atoms with van der Waals surface area (Å²) in [6.07, 6.45) is 1.55. The van der Waals surface area contributed by atoms with Gasteiger partial charge in [-0.25, -0.2) is 4.39 Å². The monoisotopic (exact) mass is 334 g/mol. The molecule has 0 amide bonds. The number of fused-ring (bicyclic) bond motifs is 1. The highest BCUT2D eigenvalue weighted by Gasteiger charge is 2.20. The molecule has 2 aromatic carbocycles. The van der Waals surface area contributed by atoms with Crippen LogP contribution in [0.3, 0.4) is 0 Å². The predicted octanol–water partition coefficient (Wildman–Crippen LogP) is 4.07. The molecule has 0 fully saturated rings. The summed E-state index contributed by atoms with van der Waals surface area (Å²) >= 11 is 5.91. The number of anilines is 1. The summed E-state index contributed by atoms with van der Waals surface area (Å²) in [5.41, 5.74) is 10.0. The van der Waals surface area contributed by atoms with Gasteiger partial charge in [-0.05, 0) is 61.2 Å². The number of benzene rings is 2. The van der Waals surface area contributed by atoms with Crippen LogP contribution in [-0.2, 0) is 12.8 Å². The maximum absolute atomic E-state index is 13.7. The third-order valence-corrected chi connectivity index (χ3v) is 4.66. The molecule has 0 aromatic heterocycles. The van der Waals surface area contributed by atoms with E-state index in [0.717, 1.165) is 29.8 Å². The van der Waals surface area contributed by atoms with Crippen molar-refractivity contribution in [2.45, 2.75) is 19.8 Å². The van der Waals surface area contributed by atoms with E-state index < -0.39 is 5.82 Å². The first-order valence-corrected chi connectivity index (χ1v) is 8.08. The molecule has 1 aliphatic heterocycles. The highest BCUT2D eigenvalue weighted by atomic mass is 35.5. The number of nitrogens with two attached hydrogens (primary N) is 1. The number of nitrogens with zero attached hydrogens (tertiary/aromatic N) is 1. The molecule has 0 saturated carbocycles. The van der Waals surface area contributed by atoms with Crippen molar-refractivity contribution in [3.05, 3.63) is 51.8 Å².